The van der Waals surface area contributed by atoms with Gasteiger partial charge in [0.15, 0.2) is 12.0 Å². The zero-order valence-corrected chi connectivity index (χ0v) is 15.8. The van der Waals surface area contributed by atoms with Crippen molar-refractivity contribution >= 4 is 17.1 Å². The van der Waals surface area contributed by atoms with Crippen LogP contribution in [0.5, 0.6) is 0 Å². The second-order valence-electron chi connectivity index (χ2n) is 6.45. The summed E-state index contributed by atoms with van der Waals surface area (Å²) in [6.07, 6.45) is -11.8. The predicted octanol–water partition coefficient (Wildman–Crippen LogP) is 4.25. The van der Waals surface area contributed by atoms with Crippen LogP contribution in [0.2, 0.25) is 0 Å². The van der Waals surface area contributed by atoms with Crippen LogP contribution in [0.15, 0.2) is 23.3 Å². The van der Waals surface area contributed by atoms with Crippen LogP contribution in [0.25, 0.3) is 4.85 Å². The number of anilines is 1. The van der Waals surface area contributed by atoms with Crippen LogP contribution >= 0.6 is 0 Å². The first-order valence-corrected chi connectivity index (χ1v) is 8.67. The number of halogens is 6. The van der Waals surface area contributed by atoms with Crippen LogP contribution in [0.1, 0.15) is 32.8 Å². The van der Waals surface area contributed by atoms with E-state index < -0.39 is 53.7 Å². The summed E-state index contributed by atoms with van der Waals surface area (Å²) < 4.78 is 78.3. The van der Waals surface area contributed by atoms with Crippen molar-refractivity contribution in [2.45, 2.75) is 57.5 Å². The molecule has 29 heavy (non-hydrogen) atoms. The maximum absolute atomic E-state index is 13.1. The Morgan fingerprint density at radius 2 is 1.86 bits per heavy atom. The molecule has 0 aliphatic carbocycles. The van der Waals surface area contributed by atoms with Crippen LogP contribution in [0.3, 0.4) is 0 Å². The second-order valence-corrected chi connectivity index (χ2v) is 6.45. The third kappa shape index (κ3) is 4.25. The Morgan fingerprint density at radius 1 is 1.24 bits per heavy atom. The average Bonchev–Trinajstić information content (AvgIpc) is 3.10. The van der Waals surface area contributed by atoms with E-state index in [1.807, 2.05) is 13.8 Å². The molecule has 3 atom stereocenters. The van der Waals surface area contributed by atoms with Crippen molar-refractivity contribution in [3.05, 3.63) is 35.2 Å². The molecule has 1 fully saturated rings. The molecule has 0 amide bonds. The van der Waals surface area contributed by atoms with Gasteiger partial charge in [0.2, 0.25) is 0 Å². The fraction of sp³-hybridized carbons (Fsp3) is 0.529. The molecule has 2 aliphatic heterocycles. The first kappa shape index (κ1) is 22.8. The maximum atomic E-state index is 13.1. The van der Waals surface area contributed by atoms with Gasteiger partial charge >= 0.3 is 12.4 Å². The van der Waals surface area contributed by atoms with Crippen LogP contribution in [-0.2, 0) is 6.18 Å². The molecular formula is C17H20F6N6. The highest BCUT2D eigenvalue weighted by atomic mass is 19.4. The molecule has 160 valence electrons. The SMILES string of the molecule is CC.[C-]#[N+]c1ccc(NC2NC(N)N3N=C(C(F)(F)F)C[C@]23C)cc1C(F)(F)F. The quantitative estimate of drug-likeness (QED) is 0.492. The first-order chi connectivity index (χ1) is 13.4. The Balaban J connectivity index is 0.00000145. The van der Waals surface area contributed by atoms with Crippen LogP contribution < -0.4 is 16.4 Å². The molecule has 4 N–H and O–H groups in total. The average molecular weight is 422 g/mol. The molecule has 2 unspecified atom stereocenters. The highest BCUT2D eigenvalue weighted by Crippen LogP contribution is 2.42. The van der Waals surface area contributed by atoms with Crippen molar-refractivity contribution in [1.29, 1.82) is 0 Å². The lowest BCUT2D eigenvalue weighted by atomic mass is 9.93. The van der Waals surface area contributed by atoms with Crippen LogP contribution in [0, 0.1) is 6.57 Å². The van der Waals surface area contributed by atoms with Crippen molar-refractivity contribution < 1.29 is 26.3 Å². The highest BCUT2D eigenvalue weighted by Gasteiger charge is 2.57. The number of hydrogen-bond donors (Lipinski definition) is 3. The molecule has 0 radical (unpaired) electrons. The zero-order valence-electron chi connectivity index (χ0n) is 15.8. The van der Waals surface area contributed by atoms with E-state index in [9.17, 15) is 26.3 Å². The van der Waals surface area contributed by atoms with Crippen LogP contribution in [-0.4, -0.2) is 34.9 Å². The summed E-state index contributed by atoms with van der Waals surface area (Å²) in [6, 6.07) is 2.99. The lowest BCUT2D eigenvalue weighted by molar-refractivity contribution is -0.136. The molecule has 1 aromatic carbocycles. The van der Waals surface area contributed by atoms with Gasteiger partial charge in [0.05, 0.1) is 17.7 Å². The smallest absolute Gasteiger partial charge is 0.368 e. The van der Waals surface area contributed by atoms with Gasteiger partial charge in [0, 0.05) is 12.1 Å². The summed E-state index contributed by atoms with van der Waals surface area (Å²) >= 11 is 0. The number of nitrogens with zero attached hydrogens (tertiary/aromatic N) is 3. The van der Waals surface area contributed by atoms with Crippen molar-refractivity contribution in [2.24, 2.45) is 10.8 Å². The van der Waals surface area contributed by atoms with E-state index in [0.29, 0.717) is 0 Å². The number of hydrazone groups is 1. The Hall–Kier alpha value is -2.52. The number of nitrogens with two attached hydrogens (primary N) is 1. The lowest BCUT2D eigenvalue weighted by Gasteiger charge is -2.32. The van der Waals surface area contributed by atoms with E-state index in [0.717, 1.165) is 17.1 Å². The van der Waals surface area contributed by atoms with Crippen molar-refractivity contribution in [3.63, 3.8) is 0 Å². The molecule has 6 nitrogen and oxygen atoms in total. The Labute approximate surface area is 163 Å². The monoisotopic (exact) mass is 422 g/mol. The molecule has 1 aromatic rings. The minimum absolute atomic E-state index is 0.0111. The van der Waals surface area contributed by atoms with Gasteiger partial charge in [0.25, 0.3) is 0 Å². The fourth-order valence-corrected chi connectivity index (χ4v) is 3.21. The number of alkyl halides is 6. The van der Waals surface area contributed by atoms with Crippen molar-refractivity contribution in [3.8, 4) is 0 Å². The Morgan fingerprint density at radius 3 is 2.38 bits per heavy atom. The summed E-state index contributed by atoms with van der Waals surface area (Å²) in [6.45, 7) is 12.3. The third-order valence-corrected chi connectivity index (χ3v) is 4.56. The van der Waals surface area contributed by atoms with E-state index >= 15 is 0 Å². The molecule has 0 bridgehead atoms. The Bertz CT molecular complexity index is 827. The minimum atomic E-state index is -4.74. The topological polar surface area (TPSA) is 70.0 Å². The molecule has 2 heterocycles. The van der Waals surface area contributed by atoms with E-state index in [2.05, 4.69) is 20.6 Å². The zero-order chi connectivity index (χ0) is 22.2. The Kier molecular flexibility index (Phi) is 6.06. The van der Waals surface area contributed by atoms with Gasteiger partial charge in [0.1, 0.15) is 11.9 Å². The molecule has 0 aromatic heterocycles. The van der Waals surface area contributed by atoms with E-state index in [4.69, 9.17) is 12.3 Å². The van der Waals surface area contributed by atoms with Gasteiger partial charge in [-0.2, -0.15) is 31.4 Å². The second kappa shape index (κ2) is 7.72. The van der Waals surface area contributed by atoms with Gasteiger partial charge in [-0.3, -0.25) is 16.1 Å². The minimum Gasteiger partial charge on any atom is -0.368 e. The van der Waals surface area contributed by atoms with E-state index in [1.165, 1.54) is 13.0 Å². The fourth-order valence-electron chi connectivity index (χ4n) is 3.21. The molecule has 2 aliphatic rings. The summed E-state index contributed by atoms with van der Waals surface area (Å²) in [5, 5.41) is 10.1. The molecule has 12 heteroatoms. The van der Waals surface area contributed by atoms with Crippen LogP contribution in [0.4, 0.5) is 37.7 Å². The summed E-state index contributed by atoms with van der Waals surface area (Å²) in [4.78, 5) is 2.84. The number of rotatable bonds is 2. The molecule has 0 saturated carbocycles. The van der Waals surface area contributed by atoms with Gasteiger partial charge in [-0.25, -0.2) is 4.85 Å². The third-order valence-electron chi connectivity index (χ3n) is 4.56. The standard InChI is InChI=1S/C15H14F6N6.C2H6/c1-13-6-10(15(19,20)21)26-27(13)12(22)25-11(13)24-7-3-4-9(23-2)8(5-7)14(16,17)18;1-2/h3-5,11-12,24-25H,6,22H2,1H3;1-2H3/t11?,12?,13-;/m1./s1. The highest BCUT2D eigenvalue weighted by molar-refractivity contribution is 5.92. The number of hydrogen-bond acceptors (Lipinski definition) is 5. The first-order valence-electron chi connectivity index (χ1n) is 8.67. The largest absolute Gasteiger partial charge is 0.431 e. The molecule has 1 saturated heterocycles. The number of nitrogens with one attached hydrogen (secondary N) is 2. The van der Waals surface area contributed by atoms with Gasteiger partial charge < -0.3 is 5.32 Å². The van der Waals surface area contributed by atoms with Gasteiger partial charge in [-0.1, -0.05) is 19.9 Å². The predicted molar refractivity (Wildman–Crippen MR) is 95.9 cm³/mol. The van der Waals surface area contributed by atoms with Gasteiger partial charge in [-0.15, -0.1) is 0 Å². The molecule has 0 spiro atoms. The van der Waals surface area contributed by atoms with Crippen molar-refractivity contribution in [1.82, 2.24) is 10.3 Å². The maximum Gasteiger partial charge on any atom is 0.431 e. The van der Waals surface area contributed by atoms with E-state index in [-0.39, 0.29) is 5.69 Å². The summed E-state index contributed by atoms with van der Waals surface area (Å²) in [5.41, 5.74) is 1.82. The van der Waals surface area contributed by atoms with Gasteiger partial charge in [-0.05, 0) is 19.1 Å². The van der Waals surface area contributed by atoms with E-state index in [1.54, 1.807) is 0 Å². The van der Waals surface area contributed by atoms with Crippen molar-refractivity contribution in [2.75, 3.05) is 5.32 Å². The molecule has 3 rings (SSSR count). The normalized spacial score (nSPS) is 26.2. The number of fused-ring (bicyclic) bond motifs is 1. The summed E-state index contributed by atoms with van der Waals surface area (Å²) in [5.74, 6) is 0. The number of benzene rings is 1. The lowest BCUT2D eigenvalue weighted by Crippen LogP contribution is -2.50. The summed E-state index contributed by atoms with van der Waals surface area (Å²) in [7, 11) is 0. The molecular weight excluding hydrogens is 402 g/mol.